The van der Waals surface area contributed by atoms with Crippen molar-refractivity contribution in [3.8, 4) is 0 Å². The minimum atomic E-state index is -4.67. The molecule has 2 rings (SSSR count). The molecule has 0 saturated carbocycles. The van der Waals surface area contributed by atoms with Crippen LogP contribution in [0.1, 0.15) is 25.1 Å². The van der Waals surface area contributed by atoms with E-state index in [1.807, 2.05) is 0 Å². The van der Waals surface area contributed by atoms with Crippen LogP contribution in [0, 0.1) is 0 Å². The number of hydrogen-bond acceptors (Lipinski definition) is 4. The van der Waals surface area contributed by atoms with Crippen molar-refractivity contribution in [1.82, 2.24) is 9.88 Å². The zero-order chi connectivity index (χ0) is 13.3. The van der Waals surface area contributed by atoms with Gasteiger partial charge in [-0.05, 0) is 19.1 Å². The van der Waals surface area contributed by atoms with Crippen molar-refractivity contribution in [3.05, 3.63) is 30.1 Å². The lowest BCUT2D eigenvalue weighted by atomic mass is 10.2. The fraction of sp³-hybridized carbons (Fsp3) is 0.455. The summed E-state index contributed by atoms with van der Waals surface area (Å²) >= 11 is 0. The fourth-order valence-electron chi connectivity index (χ4n) is 2.04. The Kier molecular flexibility index (Phi) is 3.34. The molecule has 0 bridgehead atoms. The Balaban J connectivity index is 2.18. The summed E-state index contributed by atoms with van der Waals surface area (Å²) in [5.41, 5.74) is 0.655. The fourth-order valence-corrected chi connectivity index (χ4v) is 2.72. The van der Waals surface area contributed by atoms with Gasteiger partial charge in [-0.25, -0.2) is 0 Å². The summed E-state index contributed by atoms with van der Waals surface area (Å²) in [6, 6.07) is 4.92. The Hall–Kier alpha value is -1.50. The Labute approximate surface area is 105 Å². The summed E-state index contributed by atoms with van der Waals surface area (Å²) in [5.74, 6) is -0.362. The van der Waals surface area contributed by atoms with E-state index in [-0.39, 0.29) is 24.9 Å². The molecule has 1 aromatic rings. The Morgan fingerprint density at radius 3 is 2.72 bits per heavy atom. The lowest BCUT2D eigenvalue weighted by molar-refractivity contribution is -0.129. The maximum Gasteiger partial charge on any atom is 0.307 e. The molecule has 1 aliphatic heterocycles. The molecule has 18 heavy (non-hydrogen) atoms. The van der Waals surface area contributed by atoms with Crippen LogP contribution in [0.15, 0.2) is 24.4 Å². The Bertz CT molecular complexity index is 547. The second-order valence-corrected chi connectivity index (χ2v) is 5.90. The second kappa shape index (κ2) is 4.64. The molecule has 7 heteroatoms. The smallest absolute Gasteiger partial charge is 0.307 e. The first-order valence-electron chi connectivity index (χ1n) is 5.53. The summed E-state index contributed by atoms with van der Waals surface area (Å²) in [7, 11) is -4.67. The van der Waals surface area contributed by atoms with Crippen LogP contribution in [0.5, 0.6) is 0 Å². The molecule has 1 aliphatic rings. The molecular formula is C11H13FN2O3S. The lowest BCUT2D eigenvalue weighted by Gasteiger charge is -2.23. The van der Waals surface area contributed by atoms with Gasteiger partial charge < -0.3 is 4.90 Å². The number of amides is 1. The Morgan fingerprint density at radius 1 is 1.50 bits per heavy atom. The number of rotatable bonds is 3. The van der Waals surface area contributed by atoms with E-state index in [2.05, 4.69) is 4.98 Å². The van der Waals surface area contributed by atoms with Crippen LogP contribution in [0.4, 0.5) is 3.89 Å². The highest BCUT2D eigenvalue weighted by Gasteiger charge is 2.40. The first-order valence-corrected chi connectivity index (χ1v) is 6.98. The molecule has 2 atom stereocenters. The van der Waals surface area contributed by atoms with Crippen molar-refractivity contribution in [3.63, 3.8) is 0 Å². The van der Waals surface area contributed by atoms with E-state index in [9.17, 15) is 17.1 Å². The van der Waals surface area contributed by atoms with E-state index in [4.69, 9.17) is 0 Å². The van der Waals surface area contributed by atoms with Crippen LogP contribution in [0.25, 0.3) is 0 Å². The molecule has 0 N–H and O–H groups in total. The van der Waals surface area contributed by atoms with Gasteiger partial charge in [0.15, 0.2) is 0 Å². The maximum atomic E-state index is 12.9. The second-order valence-electron chi connectivity index (χ2n) is 4.28. The summed E-state index contributed by atoms with van der Waals surface area (Å²) in [6.45, 7) is 1.63. The van der Waals surface area contributed by atoms with Crippen molar-refractivity contribution >= 4 is 16.1 Å². The summed E-state index contributed by atoms with van der Waals surface area (Å²) in [5, 5.41) is -1.25. The van der Waals surface area contributed by atoms with Crippen molar-refractivity contribution < 1.29 is 17.1 Å². The van der Waals surface area contributed by atoms with Crippen LogP contribution in [0.2, 0.25) is 0 Å². The van der Waals surface area contributed by atoms with Gasteiger partial charge in [-0.15, -0.1) is 3.89 Å². The van der Waals surface area contributed by atoms with Crippen molar-refractivity contribution in [1.29, 1.82) is 0 Å². The molecule has 1 aromatic heterocycles. The van der Waals surface area contributed by atoms with Gasteiger partial charge in [0.1, 0.15) is 5.25 Å². The van der Waals surface area contributed by atoms with Gasteiger partial charge in [0.25, 0.3) is 0 Å². The molecule has 1 saturated heterocycles. The third-order valence-electron chi connectivity index (χ3n) is 3.10. The van der Waals surface area contributed by atoms with Gasteiger partial charge in [-0.1, -0.05) is 6.07 Å². The van der Waals surface area contributed by atoms with Crippen LogP contribution in [-0.2, 0) is 15.0 Å². The highest BCUT2D eigenvalue weighted by atomic mass is 32.3. The van der Waals surface area contributed by atoms with E-state index in [0.717, 1.165) is 0 Å². The molecule has 98 valence electrons. The minimum Gasteiger partial charge on any atom is -0.333 e. The first kappa shape index (κ1) is 12.9. The molecular weight excluding hydrogens is 259 g/mol. The molecule has 0 radical (unpaired) electrons. The van der Waals surface area contributed by atoms with E-state index in [1.165, 1.54) is 4.90 Å². The predicted molar refractivity (Wildman–Crippen MR) is 62.8 cm³/mol. The number of hydrogen-bond donors (Lipinski definition) is 0. The number of likely N-dealkylation sites (tertiary alicyclic amines) is 1. The Morgan fingerprint density at radius 2 is 2.22 bits per heavy atom. The highest BCUT2D eigenvalue weighted by Crippen LogP contribution is 2.27. The molecule has 0 aliphatic carbocycles. The first-order chi connectivity index (χ1) is 8.39. The standard InChI is InChI=1S/C11H13FN2O3S/c1-8(10-4-2-3-5-13-10)14-7-9(6-11(14)15)18(12,16)17/h2-5,8-9H,6-7H2,1H3. The number of pyridine rings is 1. The summed E-state index contributed by atoms with van der Waals surface area (Å²) in [6.07, 6.45) is 1.30. The van der Waals surface area contributed by atoms with Gasteiger partial charge in [-0.3, -0.25) is 9.78 Å². The number of nitrogens with zero attached hydrogens (tertiary/aromatic N) is 2. The average molecular weight is 272 g/mol. The molecule has 1 amide bonds. The van der Waals surface area contributed by atoms with Crippen molar-refractivity contribution in [2.24, 2.45) is 0 Å². The third kappa shape index (κ3) is 2.50. The van der Waals surface area contributed by atoms with E-state index < -0.39 is 15.5 Å². The molecule has 2 unspecified atom stereocenters. The zero-order valence-corrected chi connectivity index (χ0v) is 10.6. The molecule has 1 fully saturated rings. The predicted octanol–water partition coefficient (Wildman–Crippen LogP) is 1.04. The van der Waals surface area contributed by atoms with E-state index in [1.54, 1.807) is 31.3 Å². The van der Waals surface area contributed by atoms with Crippen molar-refractivity contribution in [2.75, 3.05) is 6.54 Å². The van der Waals surface area contributed by atoms with E-state index >= 15 is 0 Å². The average Bonchev–Trinajstić information content (AvgIpc) is 2.71. The van der Waals surface area contributed by atoms with Crippen LogP contribution in [0.3, 0.4) is 0 Å². The summed E-state index contributed by atoms with van der Waals surface area (Å²) in [4.78, 5) is 17.2. The van der Waals surface area contributed by atoms with Crippen LogP contribution >= 0.6 is 0 Å². The van der Waals surface area contributed by atoms with Crippen LogP contribution < -0.4 is 0 Å². The van der Waals surface area contributed by atoms with Gasteiger partial charge in [0.2, 0.25) is 5.91 Å². The van der Waals surface area contributed by atoms with Gasteiger partial charge in [-0.2, -0.15) is 8.42 Å². The number of carbonyl (C=O) groups is 1. The number of aromatic nitrogens is 1. The molecule has 0 spiro atoms. The van der Waals surface area contributed by atoms with Crippen LogP contribution in [-0.4, -0.2) is 36.0 Å². The largest absolute Gasteiger partial charge is 0.333 e. The number of carbonyl (C=O) groups excluding carboxylic acids is 1. The topological polar surface area (TPSA) is 67.3 Å². The molecule has 2 heterocycles. The van der Waals surface area contributed by atoms with Gasteiger partial charge in [0.05, 0.1) is 11.7 Å². The number of halogens is 1. The maximum absolute atomic E-state index is 12.9. The lowest BCUT2D eigenvalue weighted by Crippen LogP contribution is -2.30. The monoisotopic (exact) mass is 272 g/mol. The zero-order valence-electron chi connectivity index (χ0n) is 9.78. The van der Waals surface area contributed by atoms with Gasteiger partial charge in [0, 0.05) is 19.2 Å². The van der Waals surface area contributed by atoms with Crippen molar-refractivity contribution in [2.45, 2.75) is 24.6 Å². The SMILES string of the molecule is CC(c1ccccn1)N1CC(S(=O)(=O)F)CC1=O. The molecule has 0 aromatic carbocycles. The normalized spacial score (nSPS) is 22.2. The van der Waals surface area contributed by atoms with E-state index in [0.29, 0.717) is 5.69 Å². The quantitative estimate of drug-likeness (QED) is 0.771. The third-order valence-corrected chi connectivity index (χ3v) is 4.22. The minimum absolute atomic E-state index is 0.116. The summed E-state index contributed by atoms with van der Waals surface area (Å²) < 4.78 is 34.5. The van der Waals surface area contributed by atoms with Gasteiger partial charge >= 0.3 is 10.2 Å². The highest BCUT2D eigenvalue weighted by molar-refractivity contribution is 7.87. The molecule has 5 nitrogen and oxygen atoms in total.